The largest absolute Gasteiger partial charge is 0.360 e. The van der Waals surface area contributed by atoms with Gasteiger partial charge >= 0.3 is 6.03 Å². The third-order valence-electron chi connectivity index (χ3n) is 3.47. The zero-order chi connectivity index (χ0) is 14.4. The Morgan fingerprint density at radius 1 is 1.24 bits per heavy atom. The number of amides is 3. The van der Waals surface area contributed by atoms with Gasteiger partial charge in [-0.05, 0) is 17.7 Å². The summed E-state index contributed by atoms with van der Waals surface area (Å²) in [6.07, 6.45) is 2.13. The van der Waals surface area contributed by atoms with E-state index in [4.69, 9.17) is 23.2 Å². The monoisotopic (exact) mass is 327 g/mol. The predicted octanol–water partition coefficient (Wildman–Crippen LogP) is 3.20. The van der Waals surface area contributed by atoms with Crippen LogP contribution in [0.4, 0.5) is 4.79 Å². The van der Waals surface area contributed by atoms with Crippen molar-refractivity contribution in [1.29, 1.82) is 0 Å². The molecule has 0 spiro atoms. The highest BCUT2D eigenvalue weighted by Gasteiger charge is 2.35. The number of hydrogen-bond acceptors (Lipinski definition) is 2. The van der Waals surface area contributed by atoms with Crippen LogP contribution in [0.2, 0.25) is 10.0 Å². The summed E-state index contributed by atoms with van der Waals surface area (Å²) in [5.74, 6) is -0.248. The molecule has 21 heavy (non-hydrogen) atoms. The molecule has 7 heteroatoms. The van der Waals surface area contributed by atoms with E-state index < -0.39 is 6.04 Å². The van der Waals surface area contributed by atoms with Crippen LogP contribution in [-0.2, 0) is 11.2 Å². The van der Waals surface area contributed by atoms with Crippen molar-refractivity contribution in [2.45, 2.75) is 19.9 Å². The summed E-state index contributed by atoms with van der Waals surface area (Å²) in [5, 5.41) is 4.55. The molecule has 2 aromatic rings. The molecule has 2 N–H and O–H groups in total. The highest BCUT2D eigenvalue weighted by Crippen LogP contribution is 2.32. The van der Waals surface area contributed by atoms with Gasteiger partial charge in [0.15, 0.2) is 0 Å². The first kappa shape index (κ1) is 15.7. The molecule has 0 radical (unpaired) electrons. The highest BCUT2D eigenvalue weighted by atomic mass is 35.5. The van der Waals surface area contributed by atoms with E-state index in [1.54, 1.807) is 18.3 Å². The second-order valence-corrected chi connectivity index (χ2v) is 5.51. The molecule has 5 nitrogen and oxygen atoms in total. The fourth-order valence-corrected chi connectivity index (χ4v) is 2.89. The number of fused-ring (bicyclic) bond motifs is 1. The van der Waals surface area contributed by atoms with Crippen LogP contribution in [0.5, 0.6) is 0 Å². The van der Waals surface area contributed by atoms with Crippen LogP contribution in [0.1, 0.15) is 13.0 Å². The molecule has 112 valence electrons. The summed E-state index contributed by atoms with van der Waals surface area (Å²) in [6, 6.07) is 2.47. The van der Waals surface area contributed by atoms with Gasteiger partial charge in [-0.15, -0.1) is 0 Å². The van der Waals surface area contributed by atoms with Crippen molar-refractivity contribution in [2.75, 3.05) is 7.05 Å². The third kappa shape index (κ3) is 2.47. The first-order chi connectivity index (χ1) is 9.49. The number of halogens is 2. The Morgan fingerprint density at radius 2 is 1.90 bits per heavy atom. The fraction of sp³-hybridized carbons (Fsp3) is 0.286. The Hall–Kier alpha value is -1.72. The Bertz CT molecular complexity index is 726. The normalized spacial score (nSPS) is 18.0. The molecule has 1 aromatic heterocycles. The van der Waals surface area contributed by atoms with E-state index in [1.165, 1.54) is 7.05 Å². The first-order valence-electron chi connectivity index (χ1n) is 6.01. The van der Waals surface area contributed by atoms with Gasteiger partial charge in [0.1, 0.15) is 6.04 Å². The predicted molar refractivity (Wildman–Crippen MR) is 83.8 cm³/mol. The standard InChI is InChI=1S/C13H11Cl2N3O2.CH4/c1-18-12(19)9(17-13(18)20)4-6-5-16-11-8(15)3-2-7(14)10(6)11;/h2-3,5,9,16H,4H2,1H3,(H,17,20);1H4/t9-;/m1./s1. The van der Waals surface area contributed by atoms with Gasteiger partial charge in [-0.25, -0.2) is 4.79 Å². The number of imide groups is 1. The average molecular weight is 328 g/mol. The molecule has 1 fully saturated rings. The third-order valence-corrected chi connectivity index (χ3v) is 4.10. The van der Waals surface area contributed by atoms with E-state index >= 15 is 0 Å². The summed E-state index contributed by atoms with van der Waals surface area (Å²) in [4.78, 5) is 27.5. The van der Waals surface area contributed by atoms with Crippen LogP contribution in [0.3, 0.4) is 0 Å². The zero-order valence-corrected chi connectivity index (χ0v) is 12.0. The molecule has 1 aromatic carbocycles. The minimum absolute atomic E-state index is 0. The minimum Gasteiger partial charge on any atom is -0.360 e. The van der Waals surface area contributed by atoms with E-state index in [9.17, 15) is 9.59 Å². The summed E-state index contributed by atoms with van der Waals surface area (Å²) in [6.45, 7) is 0. The number of nitrogens with one attached hydrogen (secondary N) is 2. The van der Waals surface area contributed by atoms with Gasteiger partial charge < -0.3 is 10.3 Å². The summed E-state index contributed by atoms with van der Waals surface area (Å²) >= 11 is 12.3. The van der Waals surface area contributed by atoms with Crippen molar-refractivity contribution in [3.05, 3.63) is 33.9 Å². The molecule has 0 saturated carbocycles. The lowest BCUT2D eigenvalue weighted by molar-refractivity contribution is -0.126. The zero-order valence-electron chi connectivity index (χ0n) is 10.5. The van der Waals surface area contributed by atoms with Crippen LogP contribution in [0.15, 0.2) is 18.3 Å². The number of likely N-dealkylation sites (N-methyl/N-ethyl adjacent to an activating group) is 1. The average Bonchev–Trinajstić information content (AvgIpc) is 2.94. The van der Waals surface area contributed by atoms with Gasteiger partial charge in [0.2, 0.25) is 0 Å². The van der Waals surface area contributed by atoms with Gasteiger partial charge in [-0.3, -0.25) is 9.69 Å². The Labute approximate surface area is 132 Å². The van der Waals surface area contributed by atoms with E-state index in [2.05, 4.69) is 10.3 Å². The number of carbonyl (C=O) groups is 2. The topological polar surface area (TPSA) is 65.2 Å². The Kier molecular flexibility index (Phi) is 4.16. The van der Waals surface area contributed by atoms with E-state index in [1.807, 2.05) is 0 Å². The Morgan fingerprint density at radius 3 is 2.52 bits per heavy atom. The number of aromatic amines is 1. The molecule has 0 bridgehead atoms. The summed E-state index contributed by atoms with van der Waals surface area (Å²) in [5.41, 5.74) is 1.58. The number of nitrogens with zero attached hydrogens (tertiary/aromatic N) is 1. The van der Waals surface area contributed by atoms with Gasteiger partial charge in [0.05, 0.1) is 15.6 Å². The maximum Gasteiger partial charge on any atom is 0.324 e. The van der Waals surface area contributed by atoms with E-state index in [-0.39, 0.29) is 19.4 Å². The van der Waals surface area contributed by atoms with Crippen molar-refractivity contribution >= 4 is 46.0 Å². The lowest BCUT2D eigenvalue weighted by Crippen LogP contribution is -2.31. The molecule has 2 heterocycles. The number of H-pyrrole nitrogens is 1. The first-order valence-corrected chi connectivity index (χ1v) is 6.76. The SMILES string of the molecule is C.CN1C(=O)N[C@H](Cc2c[nH]c3c(Cl)ccc(Cl)c23)C1=O. The molecule has 1 aliphatic heterocycles. The molecule has 1 atom stereocenters. The van der Waals surface area contributed by atoms with Crippen molar-refractivity contribution in [3.8, 4) is 0 Å². The van der Waals surface area contributed by atoms with Gasteiger partial charge in [0.25, 0.3) is 5.91 Å². The van der Waals surface area contributed by atoms with Gasteiger partial charge in [0, 0.05) is 25.1 Å². The minimum atomic E-state index is -0.568. The van der Waals surface area contributed by atoms with Crippen LogP contribution in [0.25, 0.3) is 10.9 Å². The number of carbonyl (C=O) groups excluding carboxylic acids is 2. The lowest BCUT2D eigenvalue weighted by Gasteiger charge is -2.07. The maximum absolute atomic E-state index is 11.9. The second-order valence-electron chi connectivity index (χ2n) is 4.70. The molecule has 1 aliphatic rings. The number of aromatic nitrogens is 1. The summed E-state index contributed by atoms with van der Waals surface area (Å²) < 4.78 is 0. The van der Waals surface area contributed by atoms with Gasteiger partial charge in [-0.1, -0.05) is 30.6 Å². The highest BCUT2D eigenvalue weighted by molar-refractivity contribution is 6.40. The van der Waals surface area contributed by atoms with Crippen LogP contribution in [0, 0.1) is 0 Å². The quantitative estimate of drug-likeness (QED) is 0.832. The number of urea groups is 1. The molecule has 1 saturated heterocycles. The van der Waals surface area contributed by atoms with Crippen molar-refractivity contribution < 1.29 is 9.59 Å². The molecule has 0 aliphatic carbocycles. The second kappa shape index (κ2) is 5.58. The Balaban J connectivity index is 0.00000161. The van der Waals surface area contributed by atoms with Crippen molar-refractivity contribution in [1.82, 2.24) is 15.2 Å². The van der Waals surface area contributed by atoms with Crippen LogP contribution < -0.4 is 5.32 Å². The van der Waals surface area contributed by atoms with Crippen molar-refractivity contribution in [2.24, 2.45) is 0 Å². The molecule has 3 rings (SSSR count). The molecule has 3 amide bonds. The lowest BCUT2D eigenvalue weighted by atomic mass is 10.1. The molecular formula is C14H15Cl2N3O2. The number of rotatable bonds is 2. The van der Waals surface area contributed by atoms with E-state index in [0.29, 0.717) is 16.5 Å². The fourth-order valence-electron chi connectivity index (χ4n) is 2.40. The molecule has 0 unspecified atom stereocenters. The summed E-state index contributed by atoms with van der Waals surface area (Å²) in [7, 11) is 1.46. The smallest absolute Gasteiger partial charge is 0.324 e. The van der Waals surface area contributed by atoms with Crippen molar-refractivity contribution in [3.63, 3.8) is 0 Å². The number of hydrogen-bond donors (Lipinski definition) is 2. The van der Waals surface area contributed by atoms with Crippen LogP contribution >= 0.6 is 23.2 Å². The number of benzene rings is 1. The van der Waals surface area contributed by atoms with E-state index in [0.717, 1.165) is 21.4 Å². The maximum atomic E-state index is 11.9. The molecular weight excluding hydrogens is 313 g/mol. The van der Waals surface area contributed by atoms with Crippen LogP contribution in [-0.4, -0.2) is 34.9 Å². The van der Waals surface area contributed by atoms with Gasteiger partial charge in [-0.2, -0.15) is 0 Å².